The van der Waals surface area contributed by atoms with Gasteiger partial charge in [0.05, 0.1) is 30.5 Å². The van der Waals surface area contributed by atoms with E-state index in [9.17, 15) is 27.9 Å². The van der Waals surface area contributed by atoms with Gasteiger partial charge in [-0.1, -0.05) is 0 Å². The zero-order valence-electron chi connectivity index (χ0n) is 23.6. The minimum absolute atomic E-state index is 0.0136. The first-order chi connectivity index (χ1) is 20.0. The number of carbonyl (C=O) groups is 2. The van der Waals surface area contributed by atoms with Crippen molar-refractivity contribution in [2.45, 2.75) is 63.3 Å². The number of aliphatic hydroxyl groups excluding tert-OH is 1. The van der Waals surface area contributed by atoms with E-state index in [0.29, 0.717) is 68.5 Å². The normalized spacial score (nSPS) is 24.5. The molecule has 42 heavy (non-hydrogen) atoms. The molecule has 3 aliphatic heterocycles. The molecule has 1 aromatic heterocycles. The number of likely N-dealkylation sites (tertiary alicyclic amines) is 2. The number of rotatable bonds is 7. The molecule has 0 radical (unpaired) electrons. The van der Waals surface area contributed by atoms with Gasteiger partial charge < -0.3 is 26.0 Å². The average Bonchev–Trinajstić information content (AvgIpc) is 3.52. The van der Waals surface area contributed by atoms with Gasteiger partial charge in [-0.15, -0.1) is 0 Å². The monoisotopic (exact) mass is 587 g/mol. The number of aromatic nitrogens is 2. The Labute approximate surface area is 242 Å². The van der Waals surface area contributed by atoms with Crippen molar-refractivity contribution >= 4 is 23.3 Å². The number of aryl methyl sites for hydroxylation is 1. The Kier molecular flexibility index (Phi) is 7.28. The summed E-state index contributed by atoms with van der Waals surface area (Å²) in [7, 11) is 0. The Balaban J connectivity index is 1.34. The zero-order chi connectivity index (χ0) is 29.8. The number of hydrogen-bond donors (Lipinski definition) is 3. The number of halogens is 3. The third-order valence-electron chi connectivity index (χ3n) is 8.98. The van der Waals surface area contributed by atoms with Crippen LogP contribution in [0.15, 0.2) is 18.2 Å². The van der Waals surface area contributed by atoms with Crippen molar-refractivity contribution in [3.63, 3.8) is 0 Å². The number of nitrogens with two attached hydrogens (primary N) is 1. The molecule has 1 aromatic carbocycles. The second-order valence-electron chi connectivity index (χ2n) is 12.0. The average molecular weight is 588 g/mol. The van der Waals surface area contributed by atoms with E-state index < -0.39 is 17.2 Å². The Bertz CT molecular complexity index is 1400. The highest BCUT2D eigenvalue weighted by Gasteiger charge is 2.55. The summed E-state index contributed by atoms with van der Waals surface area (Å²) in [5.41, 5.74) is 5.75. The molecule has 1 unspecified atom stereocenters. The Morgan fingerprint density at radius 2 is 1.98 bits per heavy atom. The fraction of sp³-hybridized carbons (Fsp3) is 0.586. The number of nitrogens with one attached hydrogen (secondary N) is 1. The molecule has 10 nitrogen and oxygen atoms in total. The predicted octanol–water partition coefficient (Wildman–Crippen LogP) is 2.29. The number of nitrogens with zero attached hydrogens (tertiary/aromatic N) is 5. The number of benzene rings is 1. The van der Waals surface area contributed by atoms with E-state index in [1.165, 1.54) is 6.07 Å². The third kappa shape index (κ3) is 5.28. The molecule has 13 heteroatoms. The van der Waals surface area contributed by atoms with E-state index in [1.807, 2.05) is 9.80 Å². The maximum Gasteiger partial charge on any atom is 0.416 e. The van der Waals surface area contributed by atoms with Gasteiger partial charge >= 0.3 is 6.18 Å². The van der Waals surface area contributed by atoms with Gasteiger partial charge in [-0.3, -0.25) is 14.5 Å². The second-order valence-corrected chi connectivity index (χ2v) is 12.0. The summed E-state index contributed by atoms with van der Waals surface area (Å²) in [6.45, 7) is 4.51. The van der Waals surface area contributed by atoms with E-state index in [0.717, 1.165) is 30.5 Å². The van der Waals surface area contributed by atoms with E-state index in [1.54, 1.807) is 6.92 Å². The van der Waals surface area contributed by atoms with Crippen molar-refractivity contribution in [1.82, 2.24) is 24.7 Å². The van der Waals surface area contributed by atoms with Crippen molar-refractivity contribution in [2.75, 3.05) is 50.4 Å². The van der Waals surface area contributed by atoms with E-state index in [-0.39, 0.29) is 49.2 Å². The fourth-order valence-electron chi connectivity index (χ4n) is 6.74. The van der Waals surface area contributed by atoms with Gasteiger partial charge in [-0.2, -0.15) is 13.2 Å². The van der Waals surface area contributed by atoms with Gasteiger partial charge in [-0.05, 0) is 62.9 Å². The molecule has 0 bridgehead atoms. The van der Waals surface area contributed by atoms with Crippen LogP contribution in [0, 0.1) is 12.8 Å². The number of amides is 2. The molecule has 1 spiro atoms. The van der Waals surface area contributed by atoms with Crippen LogP contribution < -0.4 is 11.1 Å². The molecular weight excluding hydrogens is 551 g/mol. The molecule has 2 atom stereocenters. The molecule has 4 heterocycles. The van der Waals surface area contributed by atoms with Crippen LogP contribution in [-0.2, 0) is 34.3 Å². The Morgan fingerprint density at radius 3 is 2.69 bits per heavy atom. The van der Waals surface area contributed by atoms with Crippen molar-refractivity contribution in [1.29, 1.82) is 0 Å². The van der Waals surface area contributed by atoms with Crippen LogP contribution in [-0.4, -0.2) is 87.0 Å². The van der Waals surface area contributed by atoms with Crippen LogP contribution in [0.3, 0.4) is 0 Å². The lowest BCUT2D eigenvalue weighted by atomic mass is 9.76. The standard InChI is InChI=1S/C29H36F3N7O3/c1-17-35-24-23(25(36-17)34-13-18-10-20(29(30,31)32)12-21(33)11-18)15-39(22-4-6-38(14-22)26(41)19-2-3-19)27(42)28(24)5-7-37(16-28)8-9-40/h10-12,19,22,40H,2-9,13-16,33H2,1H3,(H,34,35,36)/t22-,28?/m1/s1. The SMILES string of the molecule is Cc1nc(NCc2cc(N)cc(C(F)(F)F)c2)c2c(n1)C1(CCN(CCO)C1)C(=O)N([C@@H]1CCN(C(=O)C3CC3)C1)C2. The van der Waals surface area contributed by atoms with Crippen LogP contribution >= 0.6 is 0 Å². The minimum atomic E-state index is -4.53. The van der Waals surface area contributed by atoms with Crippen LogP contribution in [0.25, 0.3) is 0 Å². The number of carbonyl (C=O) groups excluding carboxylic acids is 2. The molecule has 2 aromatic rings. The lowest BCUT2D eigenvalue weighted by molar-refractivity contribution is -0.142. The zero-order valence-corrected chi connectivity index (χ0v) is 23.6. The smallest absolute Gasteiger partial charge is 0.399 e. The topological polar surface area (TPSA) is 128 Å². The number of alkyl halides is 3. The number of aliphatic hydroxyl groups is 1. The largest absolute Gasteiger partial charge is 0.416 e. The first kappa shape index (κ1) is 28.7. The lowest BCUT2D eigenvalue weighted by Gasteiger charge is -2.43. The summed E-state index contributed by atoms with van der Waals surface area (Å²) in [5, 5.41) is 12.8. The molecule has 4 N–H and O–H groups in total. The number of fused-ring (bicyclic) bond motifs is 2. The van der Waals surface area contributed by atoms with Crippen molar-refractivity contribution in [3.8, 4) is 0 Å². The molecular formula is C29H36F3N7O3. The molecule has 3 fully saturated rings. The lowest BCUT2D eigenvalue weighted by Crippen LogP contribution is -2.57. The first-order valence-electron chi connectivity index (χ1n) is 14.5. The van der Waals surface area contributed by atoms with Crippen LogP contribution in [0.4, 0.5) is 24.7 Å². The quantitative estimate of drug-likeness (QED) is 0.421. The van der Waals surface area contributed by atoms with E-state index >= 15 is 0 Å². The Morgan fingerprint density at radius 1 is 1.19 bits per heavy atom. The molecule has 6 rings (SSSR count). The first-order valence-corrected chi connectivity index (χ1v) is 14.5. The molecule has 1 aliphatic carbocycles. The number of β-amino-alcohol motifs (C(OH)–C–C–N with tert-alkyl or cyclic N) is 1. The van der Waals surface area contributed by atoms with Crippen LogP contribution in [0.1, 0.15) is 53.9 Å². The molecule has 226 valence electrons. The second kappa shape index (κ2) is 10.7. The summed E-state index contributed by atoms with van der Waals surface area (Å²) < 4.78 is 40.3. The molecule has 2 amide bonds. The summed E-state index contributed by atoms with van der Waals surface area (Å²) in [4.78, 5) is 42.4. The van der Waals surface area contributed by atoms with Gasteiger partial charge in [-0.25, -0.2) is 9.97 Å². The van der Waals surface area contributed by atoms with Crippen molar-refractivity contribution in [2.24, 2.45) is 5.92 Å². The van der Waals surface area contributed by atoms with Crippen LogP contribution in [0.5, 0.6) is 0 Å². The van der Waals surface area contributed by atoms with Crippen molar-refractivity contribution < 1.29 is 27.9 Å². The summed E-state index contributed by atoms with van der Waals surface area (Å²) in [5.74, 6) is 1.15. The summed E-state index contributed by atoms with van der Waals surface area (Å²) >= 11 is 0. The fourth-order valence-corrected chi connectivity index (χ4v) is 6.74. The van der Waals surface area contributed by atoms with Gasteiger partial charge in [0.2, 0.25) is 11.8 Å². The van der Waals surface area contributed by atoms with Gasteiger partial charge in [0, 0.05) is 49.9 Å². The molecule has 1 saturated carbocycles. The Hall–Kier alpha value is -3.45. The molecule has 2 saturated heterocycles. The van der Waals surface area contributed by atoms with Gasteiger partial charge in [0.15, 0.2) is 0 Å². The highest BCUT2D eigenvalue weighted by molar-refractivity contribution is 5.91. The minimum Gasteiger partial charge on any atom is -0.399 e. The van der Waals surface area contributed by atoms with Crippen LogP contribution in [0.2, 0.25) is 0 Å². The maximum absolute atomic E-state index is 14.4. The van der Waals surface area contributed by atoms with Gasteiger partial charge in [0.25, 0.3) is 0 Å². The van der Waals surface area contributed by atoms with E-state index in [2.05, 4.69) is 15.2 Å². The number of nitrogen functional groups attached to an aromatic ring is 1. The number of anilines is 2. The molecule has 4 aliphatic rings. The van der Waals surface area contributed by atoms with Gasteiger partial charge in [0.1, 0.15) is 17.1 Å². The highest BCUT2D eigenvalue weighted by Crippen LogP contribution is 2.44. The highest BCUT2D eigenvalue weighted by atomic mass is 19.4. The summed E-state index contributed by atoms with van der Waals surface area (Å²) in [6.07, 6.45) is -1.49. The van der Waals surface area contributed by atoms with Crippen molar-refractivity contribution in [3.05, 3.63) is 46.4 Å². The maximum atomic E-state index is 14.4. The summed E-state index contributed by atoms with van der Waals surface area (Å²) in [6, 6.07) is 3.31. The number of hydrogen-bond acceptors (Lipinski definition) is 8. The third-order valence-corrected chi connectivity index (χ3v) is 8.98. The predicted molar refractivity (Wildman–Crippen MR) is 148 cm³/mol. The van der Waals surface area contributed by atoms with E-state index in [4.69, 9.17) is 10.7 Å².